The van der Waals surface area contributed by atoms with Crippen molar-refractivity contribution in [1.82, 2.24) is 0 Å². The summed E-state index contributed by atoms with van der Waals surface area (Å²) in [6, 6.07) is 4.49. The molecular weight excluding hydrogens is 252 g/mol. The van der Waals surface area contributed by atoms with Crippen molar-refractivity contribution in [3.8, 4) is 0 Å². The second-order valence-corrected chi connectivity index (χ2v) is 3.92. The van der Waals surface area contributed by atoms with Gasteiger partial charge in [-0.05, 0) is 19.1 Å². The van der Waals surface area contributed by atoms with Crippen LogP contribution in [0.2, 0.25) is 0 Å². The largest absolute Gasteiger partial charge is 0.467 e. The molecule has 1 rings (SSSR count). The van der Waals surface area contributed by atoms with Crippen LogP contribution in [0.3, 0.4) is 0 Å². The van der Waals surface area contributed by atoms with Crippen LogP contribution < -0.4 is 4.90 Å². The van der Waals surface area contributed by atoms with Gasteiger partial charge in [0.15, 0.2) is 11.8 Å². The third kappa shape index (κ3) is 3.27. The SMILES string of the molecule is COC(=O)C(C(C)=O)N(C)c1ccc([N+](=O)[O-])cc1. The van der Waals surface area contributed by atoms with Gasteiger partial charge in [-0.15, -0.1) is 0 Å². The molecule has 0 aliphatic rings. The van der Waals surface area contributed by atoms with Gasteiger partial charge in [0, 0.05) is 24.9 Å². The van der Waals surface area contributed by atoms with Crippen LogP contribution in [-0.2, 0) is 14.3 Å². The number of carbonyl (C=O) groups excluding carboxylic acids is 2. The summed E-state index contributed by atoms with van der Waals surface area (Å²) in [6.07, 6.45) is 0. The number of ketones is 1. The van der Waals surface area contributed by atoms with E-state index in [9.17, 15) is 19.7 Å². The maximum Gasteiger partial charge on any atom is 0.336 e. The van der Waals surface area contributed by atoms with Gasteiger partial charge < -0.3 is 9.64 Å². The van der Waals surface area contributed by atoms with E-state index >= 15 is 0 Å². The highest BCUT2D eigenvalue weighted by molar-refractivity contribution is 6.04. The minimum absolute atomic E-state index is 0.0606. The lowest BCUT2D eigenvalue weighted by molar-refractivity contribution is -0.384. The minimum Gasteiger partial charge on any atom is -0.467 e. The number of ether oxygens (including phenoxy) is 1. The van der Waals surface area contributed by atoms with Crippen molar-refractivity contribution < 1.29 is 19.2 Å². The maximum atomic E-state index is 11.6. The molecule has 7 heteroatoms. The average molecular weight is 266 g/mol. The fourth-order valence-corrected chi connectivity index (χ4v) is 1.67. The van der Waals surface area contributed by atoms with Gasteiger partial charge in [-0.1, -0.05) is 0 Å². The maximum absolute atomic E-state index is 11.6. The highest BCUT2D eigenvalue weighted by Gasteiger charge is 2.29. The number of carbonyl (C=O) groups is 2. The Balaban J connectivity index is 3.03. The van der Waals surface area contributed by atoms with E-state index < -0.39 is 16.9 Å². The van der Waals surface area contributed by atoms with Crippen LogP contribution in [0, 0.1) is 10.1 Å². The normalized spacial score (nSPS) is 11.5. The van der Waals surface area contributed by atoms with Gasteiger partial charge in [0.2, 0.25) is 0 Å². The van der Waals surface area contributed by atoms with E-state index in [1.54, 1.807) is 7.05 Å². The third-order valence-corrected chi connectivity index (χ3v) is 2.66. The van der Waals surface area contributed by atoms with Gasteiger partial charge >= 0.3 is 5.97 Å². The molecule has 0 aliphatic heterocycles. The quantitative estimate of drug-likeness (QED) is 0.344. The first kappa shape index (κ1) is 14.6. The van der Waals surface area contributed by atoms with Crippen molar-refractivity contribution in [2.45, 2.75) is 13.0 Å². The summed E-state index contributed by atoms with van der Waals surface area (Å²) >= 11 is 0. The Morgan fingerprint density at radius 3 is 2.21 bits per heavy atom. The van der Waals surface area contributed by atoms with Crippen LogP contribution in [0.25, 0.3) is 0 Å². The molecular formula is C12H14N2O5. The molecule has 19 heavy (non-hydrogen) atoms. The summed E-state index contributed by atoms with van der Waals surface area (Å²) < 4.78 is 4.57. The first-order valence-corrected chi connectivity index (χ1v) is 5.44. The third-order valence-electron chi connectivity index (χ3n) is 2.66. The Hall–Kier alpha value is -2.44. The van der Waals surface area contributed by atoms with Crippen LogP contribution in [0.15, 0.2) is 24.3 Å². The van der Waals surface area contributed by atoms with Gasteiger partial charge in [-0.2, -0.15) is 0 Å². The Kier molecular flexibility index (Phi) is 4.57. The molecule has 0 heterocycles. The van der Waals surface area contributed by atoms with E-state index in [4.69, 9.17) is 0 Å². The number of Topliss-reactive ketones (excluding diaryl/α,β-unsaturated/α-hetero) is 1. The molecule has 0 saturated heterocycles. The van der Waals surface area contributed by atoms with E-state index in [2.05, 4.69) is 4.74 Å². The van der Waals surface area contributed by atoms with Crippen molar-refractivity contribution >= 4 is 23.1 Å². The van der Waals surface area contributed by atoms with Gasteiger partial charge in [-0.25, -0.2) is 4.79 Å². The number of rotatable bonds is 5. The standard InChI is InChI=1S/C12H14N2O5/c1-8(15)11(12(16)19-3)13(2)9-4-6-10(7-5-9)14(17)18/h4-7,11H,1-3H3. The fourth-order valence-electron chi connectivity index (χ4n) is 1.67. The van der Waals surface area contributed by atoms with Crippen LogP contribution in [0.5, 0.6) is 0 Å². The molecule has 0 fully saturated rings. The number of non-ortho nitro benzene ring substituents is 1. The van der Waals surface area contributed by atoms with Crippen LogP contribution in [0.4, 0.5) is 11.4 Å². The van der Waals surface area contributed by atoms with Crippen LogP contribution in [-0.4, -0.2) is 36.9 Å². The molecule has 102 valence electrons. The zero-order valence-electron chi connectivity index (χ0n) is 10.8. The number of hydrogen-bond acceptors (Lipinski definition) is 6. The molecule has 1 aromatic carbocycles. The van der Waals surface area contributed by atoms with Gasteiger partial charge in [0.05, 0.1) is 12.0 Å². The van der Waals surface area contributed by atoms with Crippen LogP contribution >= 0.6 is 0 Å². The van der Waals surface area contributed by atoms with E-state index in [1.807, 2.05) is 0 Å². The van der Waals surface area contributed by atoms with Gasteiger partial charge in [0.25, 0.3) is 5.69 Å². The molecule has 0 amide bonds. The number of benzene rings is 1. The molecule has 0 spiro atoms. The summed E-state index contributed by atoms with van der Waals surface area (Å²) in [5, 5.41) is 10.5. The number of nitro groups is 1. The number of methoxy groups -OCH3 is 1. The monoisotopic (exact) mass is 266 g/mol. The number of anilines is 1. The Bertz CT molecular complexity index is 497. The second kappa shape index (κ2) is 5.94. The fraction of sp³-hybridized carbons (Fsp3) is 0.333. The van der Waals surface area contributed by atoms with E-state index in [0.29, 0.717) is 5.69 Å². The Morgan fingerprint density at radius 2 is 1.84 bits per heavy atom. The molecule has 1 unspecified atom stereocenters. The molecule has 0 radical (unpaired) electrons. The smallest absolute Gasteiger partial charge is 0.336 e. The van der Waals surface area contributed by atoms with Crippen LogP contribution in [0.1, 0.15) is 6.92 Å². The molecule has 0 saturated carbocycles. The summed E-state index contributed by atoms with van der Waals surface area (Å²) in [7, 11) is 2.74. The Labute approximate surface area is 109 Å². The highest BCUT2D eigenvalue weighted by atomic mass is 16.6. The van der Waals surface area contributed by atoms with Gasteiger partial charge in [-0.3, -0.25) is 14.9 Å². The lowest BCUT2D eigenvalue weighted by atomic mass is 10.1. The molecule has 0 N–H and O–H groups in total. The lowest BCUT2D eigenvalue weighted by Crippen LogP contribution is -2.44. The highest BCUT2D eigenvalue weighted by Crippen LogP contribution is 2.20. The summed E-state index contributed by atoms with van der Waals surface area (Å²) in [5.74, 6) is -1.04. The number of nitrogens with zero attached hydrogens (tertiary/aromatic N) is 2. The van der Waals surface area contributed by atoms with E-state index in [0.717, 1.165) is 0 Å². The second-order valence-electron chi connectivity index (χ2n) is 3.92. The summed E-state index contributed by atoms with van der Waals surface area (Å²) in [5.41, 5.74) is 0.450. The molecule has 7 nitrogen and oxygen atoms in total. The first-order chi connectivity index (χ1) is 8.88. The van der Waals surface area contributed by atoms with Crippen molar-refractivity contribution in [2.75, 3.05) is 19.1 Å². The van der Waals surface area contributed by atoms with Crippen molar-refractivity contribution in [3.63, 3.8) is 0 Å². The lowest BCUT2D eigenvalue weighted by Gasteiger charge is -2.25. The number of esters is 1. The molecule has 1 atom stereocenters. The Morgan fingerprint density at radius 1 is 1.32 bits per heavy atom. The summed E-state index contributed by atoms with van der Waals surface area (Å²) in [6.45, 7) is 1.28. The zero-order valence-corrected chi connectivity index (χ0v) is 10.8. The first-order valence-electron chi connectivity index (χ1n) is 5.44. The van der Waals surface area contributed by atoms with Crippen molar-refractivity contribution in [1.29, 1.82) is 0 Å². The number of hydrogen-bond donors (Lipinski definition) is 0. The number of nitro benzene ring substituents is 1. The average Bonchev–Trinajstić information content (AvgIpc) is 2.38. The topological polar surface area (TPSA) is 89.8 Å². The molecule has 0 aliphatic carbocycles. The molecule has 1 aromatic rings. The van der Waals surface area contributed by atoms with Gasteiger partial charge in [0.1, 0.15) is 0 Å². The van der Waals surface area contributed by atoms with E-state index in [-0.39, 0.29) is 11.5 Å². The zero-order chi connectivity index (χ0) is 14.6. The summed E-state index contributed by atoms with van der Waals surface area (Å²) in [4.78, 5) is 34.5. The predicted molar refractivity (Wildman–Crippen MR) is 68.0 cm³/mol. The van der Waals surface area contributed by atoms with Crippen molar-refractivity contribution in [3.05, 3.63) is 34.4 Å². The minimum atomic E-state index is -1.06. The predicted octanol–water partition coefficient (Wildman–Crippen LogP) is 1.16. The number of likely N-dealkylation sites (N-methyl/N-ethyl adjacent to an activating group) is 1. The van der Waals surface area contributed by atoms with Crippen molar-refractivity contribution in [2.24, 2.45) is 0 Å². The molecule has 0 aromatic heterocycles. The van der Waals surface area contributed by atoms with E-state index in [1.165, 1.54) is 43.2 Å². The molecule has 0 bridgehead atoms.